The Kier molecular flexibility index (Phi) is 7.41. The molecule has 2 aromatic heterocycles. The summed E-state index contributed by atoms with van der Waals surface area (Å²) in [4.78, 5) is 21.8. The molecule has 1 aliphatic rings. The first-order chi connectivity index (χ1) is 16.1. The molecule has 3 N–H and O–H groups in total. The predicted molar refractivity (Wildman–Crippen MR) is 120 cm³/mol. The minimum atomic E-state index is -1.08. The maximum atomic E-state index is 13.3. The number of para-hydroxylation sites is 1. The van der Waals surface area contributed by atoms with Crippen LogP contribution >= 0.6 is 11.8 Å². The van der Waals surface area contributed by atoms with Crippen LogP contribution in [-0.2, 0) is 9.53 Å². The van der Waals surface area contributed by atoms with Crippen LogP contribution in [0.2, 0.25) is 0 Å². The van der Waals surface area contributed by atoms with Gasteiger partial charge in [-0.1, -0.05) is 18.2 Å². The third kappa shape index (κ3) is 5.26. The van der Waals surface area contributed by atoms with Crippen molar-refractivity contribution in [1.29, 1.82) is 5.26 Å². The highest BCUT2D eigenvalue weighted by Crippen LogP contribution is 2.27. The zero-order valence-corrected chi connectivity index (χ0v) is 18.4. The van der Waals surface area contributed by atoms with E-state index in [-0.39, 0.29) is 13.0 Å². The van der Waals surface area contributed by atoms with Gasteiger partial charge in [0, 0.05) is 24.8 Å². The molecule has 33 heavy (non-hydrogen) atoms. The van der Waals surface area contributed by atoms with Crippen LogP contribution in [0, 0.1) is 11.3 Å². The van der Waals surface area contributed by atoms with E-state index in [1.54, 1.807) is 36.5 Å². The summed E-state index contributed by atoms with van der Waals surface area (Å²) in [5.41, 5.74) is 3.28. The number of carbonyl (C=O) groups excluding carboxylic acids is 1. The van der Waals surface area contributed by atoms with Gasteiger partial charge in [-0.15, -0.1) is 11.8 Å². The molecule has 0 bridgehead atoms. The Hall–Kier alpha value is -3.17. The maximum Gasteiger partial charge on any atom is 0.282 e. The number of hydrogen-bond donors (Lipinski definition) is 3. The molecule has 11 heteroatoms. The average Bonchev–Trinajstić information content (AvgIpc) is 3.41. The van der Waals surface area contributed by atoms with Gasteiger partial charge in [-0.2, -0.15) is 5.26 Å². The van der Waals surface area contributed by atoms with E-state index in [1.165, 1.54) is 22.8 Å². The highest BCUT2D eigenvalue weighted by atomic mass is 32.2. The van der Waals surface area contributed by atoms with Gasteiger partial charge in [0.05, 0.1) is 24.2 Å². The Morgan fingerprint density at radius 3 is 2.91 bits per heavy atom. The number of aliphatic hydroxyl groups excluding tert-OH is 2. The van der Waals surface area contributed by atoms with Crippen LogP contribution in [0.15, 0.2) is 53.9 Å². The molecule has 0 spiro atoms. The van der Waals surface area contributed by atoms with Crippen molar-refractivity contribution in [3.63, 3.8) is 0 Å². The molecule has 172 valence electrons. The fraction of sp³-hybridized carbons (Fsp3) is 0.364. The van der Waals surface area contributed by atoms with Gasteiger partial charge in [0.1, 0.15) is 29.3 Å². The molecule has 1 saturated heterocycles. The summed E-state index contributed by atoms with van der Waals surface area (Å²) >= 11 is 1.44. The van der Waals surface area contributed by atoms with Gasteiger partial charge < -0.3 is 19.7 Å². The summed E-state index contributed by atoms with van der Waals surface area (Å²) in [5.74, 6) is 0.573. The lowest BCUT2D eigenvalue weighted by Gasteiger charge is -2.24. The number of nitrogens with one attached hydrogen (secondary N) is 1. The fourth-order valence-corrected chi connectivity index (χ4v) is 4.40. The van der Waals surface area contributed by atoms with E-state index >= 15 is 0 Å². The highest BCUT2D eigenvalue weighted by Gasteiger charge is 2.42. The van der Waals surface area contributed by atoms with Gasteiger partial charge in [0.2, 0.25) is 6.10 Å². The minimum Gasteiger partial charge on any atom is -0.478 e. The van der Waals surface area contributed by atoms with Crippen molar-refractivity contribution in [3.8, 4) is 11.8 Å². The van der Waals surface area contributed by atoms with Crippen LogP contribution in [0.25, 0.3) is 11.0 Å². The normalized spacial score (nSPS) is 20.9. The number of benzene rings is 1. The second kappa shape index (κ2) is 10.6. The van der Waals surface area contributed by atoms with Crippen molar-refractivity contribution in [3.05, 3.63) is 48.9 Å². The Bertz CT molecular complexity index is 1140. The van der Waals surface area contributed by atoms with Gasteiger partial charge in [0.15, 0.2) is 5.65 Å². The van der Waals surface area contributed by atoms with Gasteiger partial charge in [0.25, 0.3) is 5.91 Å². The second-order valence-corrected chi connectivity index (χ2v) is 8.47. The number of amides is 1. The lowest BCUT2D eigenvalue weighted by Crippen LogP contribution is -2.45. The molecule has 0 radical (unpaired) electrons. The van der Waals surface area contributed by atoms with Gasteiger partial charge in [-0.25, -0.2) is 14.6 Å². The average molecular weight is 470 g/mol. The van der Waals surface area contributed by atoms with E-state index in [2.05, 4.69) is 21.5 Å². The number of ether oxygens (including phenoxy) is 2. The topological polar surface area (TPSA) is 143 Å². The first-order valence-electron chi connectivity index (χ1n) is 10.4. The number of aliphatic hydroxyl groups is 2. The maximum absolute atomic E-state index is 13.3. The van der Waals surface area contributed by atoms with Crippen molar-refractivity contribution in [2.24, 2.45) is 0 Å². The largest absolute Gasteiger partial charge is 0.478 e. The first kappa shape index (κ1) is 23.0. The summed E-state index contributed by atoms with van der Waals surface area (Å²) in [6, 6.07) is 12.7. The number of thioether (sulfide) groups is 1. The fourth-order valence-electron chi connectivity index (χ4n) is 3.57. The third-order valence-corrected chi connectivity index (χ3v) is 6.17. The van der Waals surface area contributed by atoms with Crippen LogP contribution in [0.5, 0.6) is 5.75 Å². The van der Waals surface area contributed by atoms with Crippen molar-refractivity contribution in [2.75, 3.05) is 17.8 Å². The van der Waals surface area contributed by atoms with Crippen LogP contribution in [-0.4, -0.2) is 67.5 Å². The molecule has 4 atom stereocenters. The monoisotopic (exact) mass is 469 g/mol. The Balaban J connectivity index is 1.56. The molecule has 0 aliphatic carbocycles. The van der Waals surface area contributed by atoms with E-state index < -0.39 is 30.3 Å². The molecule has 1 aliphatic heterocycles. The number of nitriles is 1. The summed E-state index contributed by atoms with van der Waals surface area (Å²) in [6.45, 7) is -0.358. The number of rotatable bonds is 9. The van der Waals surface area contributed by atoms with Crippen LogP contribution in [0.1, 0.15) is 12.8 Å². The smallest absolute Gasteiger partial charge is 0.282 e. The number of hydrogen-bond acceptors (Lipinski definition) is 9. The number of aromatic nitrogens is 3. The van der Waals surface area contributed by atoms with Gasteiger partial charge in [-0.3, -0.25) is 10.2 Å². The molecule has 0 saturated carbocycles. The number of fused-ring (bicyclic) bond motifs is 1. The molecular formula is C22H23N5O5S. The van der Waals surface area contributed by atoms with Gasteiger partial charge in [-0.05, 0) is 18.2 Å². The summed E-state index contributed by atoms with van der Waals surface area (Å²) in [6.07, 6.45) is 0.0822. The van der Waals surface area contributed by atoms with E-state index in [1.807, 2.05) is 6.07 Å². The summed E-state index contributed by atoms with van der Waals surface area (Å²) in [5, 5.41) is 29.8. The third-order valence-electron chi connectivity index (χ3n) is 5.16. The van der Waals surface area contributed by atoms with Crippen molar-refractivity contribution < 1.29 is 24.5 Å². The molecule has 1 fully saturated rings. The van der Waals surface area contributed by atoms with E-state index in [0.717, 1.165) is 5.39 Å². The molecular weight excluding hydrogens is 446 g/mol. The van der Waals surface area contributed by atoms with Crippen molar-refractivity contribution in [2.45, 2.75) is 42.3 Å². The van der Waals surface area contributed by atoms with Crippen LogP contribution in [0.3, 0.4) is 0 Å². The van der Waals surface area contributed by atoms with Crippen LogP contribution in [0.4, 0.5) is 0 Å². The first-order valence-corrected chi connectivity index (χ1v) is 11.4. The SMILES string of the molecule is N#CCCSc1ncnc2c1ccn2NC(=O)C(Oc1ccccc1)[C@@H]1C[C@H](O)[C@@H](CO)O1. The minimum absolute atomic E-state index is 0.143. The predicted octanol–water partition coefficient (Wildman–Crippen LogP) is 1.47. The summed E-state index contributed by atoms with van der Waals surface area (Å²) < 4.78 is 13.1. The van der Waals surface area contributed by atoms with Crippen molar-refractivity contribution in [1.82, 2.24) is 14.6 Å². The zero-order chi connectivity index (χ0) is 23.2. The zero-order valence-electron chi connectivity index (χ0n) is 17.6. The molecule has 4 rings (SSSR count). The molecule has 1 amide bonds. The second-order valence-electron chi connectivity index (χ2n) is 7.38. The number of nitrogens with zero attached hydrogens (tertiary/aromatic N) is 4. The summed E-state index contributed by atoms with van der Waals surface area (Å²) in [7, 11) is 0. The lowest BCUT2D eigenvalue weighted by atomic mass is 10.1. The van der Waals surface area contributed by atoms with Crippen molar-refractivity contribution >= 4 is 28.7 Å². The molecule has 1 unspecified atom stereocenters. The van der Waals surface area contributed by atoms with E-state index in [9.17, 15) is 15.0 Å². The Labute approximate surface area is 194 Å². The lowest BCUT2D eigenvalue weighted by molar-refractivity contribution is -0.131. The van der Waals surface area contributed by atoms with Crippen LogP contribution < -0.4 is 10.2 Å². The molecule has 10 nitrogen and oxygen atoms in total. The molecule has 3 heterocycles. The van der Waals surface area contributed by atoms with Gasteiger partial charge >= 0.3 is 0 Å². The Morgan fingerprint density at radius 1 is 1.36 bits per heavy atom. The molecule has 3 aromatic rings. The van der Waals surface area contributed by atoms with E-state index in [4.69, 9.17) is 14.7 Å². The number of carbonyl (C=O) groups is 1. The Morgan fingerprint density at radius 2 is 2.18 bits per heavy atom. The standard InChI is InChI=1S/C22H23N5O5S/c23-8-4-10-33-22-15-7-9-27(20(15)24-13-25-22)26-21(30)19(31-14-5-2-1-3-6-14)17-11-16(29)18(12-28)32-17/h1-3,5-7,9,13,16-19,28-29H,4,10-12H2,(H,26,30)/t16-,17-,18+,19?/m0/s1. The highest BCUT2D eigenvalue weighted by molar-refractivity contribution is 7.99. The van der Waals surface area contributed by atoms with E-state index in [0.29, 0.717) is 28.6 Å². The molecule has 1 aromatic carbocycles. The quantitative estimate of drug-likeness (QED) is 0.241.